The Hall–Kier alpha value is -3.05. The van der Waals surface area contributed by atoms with E-state index in [1.807, 2.05) is 19.9 Å². The third kappa shape index (κ3) is 5.30. The number of hydrogen-bond acceptors (Lipinski definition) is 5. The average molecular weight is 514 g/mol. The molecule has 0 radical (unpaired) electrons. The van der Waals surface area contributed by atoms with Crippen LogP contribution in [0.4, 0.5) is 5.69 Å². The van der Waals surface area contributed by atoms with Gasteiger partial charge in [-0.25, -0.2) is 16.8 Å². The van der Waals surface area contributed by atoms with Crippen molar-refractivity contribution in [1.29, 1.82) is 0 Å². The van der Waals surface area contributed by atoms with Gasteiger partial charge in [0.2, 0.25) is 26.0 Å². The monoisotopic (exact) mass is 513 g/mol. The van der Waals surface area contributed by atoms with E-state index in [1.165, 1.54) is 28.6 Å². The van der Waals surface area contributed by atoms with E-state index in [4.69, 9.17) is 0 Å². The van der Waals surface area contributed by atoms with Crippen molar-refractivity contribution in [3.05, 3.63) is 90.0 Å². The van der Waals surface area contributed by atoms with Gasteiger partial charge in [-0.05, 0) is 61.4 Å². The first kappa shape index (κ1) is 25.1. The number of nitrogens with one attached hydrogen (secondary N) is 1. The molecule has 10 heteroatoms. The predicted octanol–water partition coefficient (Wildman–Crippen LogP) is 3.01. The highest BCUT2D eigenvalue weighted by atomic mass is 32.2. The Bertz CT molecular complexity index is 1410. The molecule has 8 nitrogen and oxygen atoms in total. The van der Waals surface area contributed by atoms with E-state index in [9.17, 15) is 21.6 Å². The van der Waals surface area contributed by atoms with Crippen LogP contribution in [-0.2, 0) is 24.8 Å². The predicted molar refractivity (Wildman–Crippen MR) is 134 cm³/mol. The van der Waals surface area contributed by atoms with Crippen LogP contribution in [0.15, 0.2) is 88.7 Å². The molecule has 0 bridgehead atoms. The second-order valence-electron chi connectivity index (χ2n) is 8.49. The standard InChI is InChI=1S/C25H27N3O5S2/c1-19-15-20(2)17-21(16-19)26-25(29)24-18-27(34(30,31)22-9-5-3-6-10-22)13-14-28(24)35(32,33)23-11-7-4-8-12-23/h3-12,15-17,24H,13-14,18H2,1-2H3,(H,26,29)/t24-/m0/s1. The van der Waals surface area contributed by atoms with Crippen molar-refractivity contribution in [3.63, 3.8) is 0 Å². The molecule has 1 aliphatic rings. The number of aryl methyl sites for hydroxylation is 2. The fourth-order valence-electron chi connectivity index (χ4n) is 4.20. The molecule has 1 amide bonds. The molecule has 1 atom stereocenters. The lowest BCUT2D eigenvalue weighted by molar-refractivity contribution is -0.120. The van der Waals surface area contributed by atoms with E-state index in [-0.39, 0.29) is 29.4 Å². The Kier molecular flexibility index (Phi) is 7.09. The maximum Gasteiger partial charge on any atom is 0.244 e. The Morgan fingerprint density at radius 1 is 0.771 bits per heavy atom. The summed E-state index contributed by atoms with van der Waals surface area (Å²) in [5.41, 5.74) is 2.39. The lowest BCUT2D eigenvalue weighted by Gasteiger charge is -2.39. The number of benzene rings is 3. The first-order valence-electron chi connectivity index (χ1n) is 11.1. The summed E-state index contributed by atoms with van der Waals surface area (Å²) in [7, 11) is -7.96. The van der Waals surface area contributed by atoms with Crippen molar-refractivity contribution >= 4 is 31.6 Å². The van der Waals surface area contributed by atoms with Crippen LogP contribution in [0.2, 0.25) is 0 Å². The first-order valence-corrected chi connectivity index (χ1v) is 14.0. The molecule has 1 heterocycles. The zero-order valence-corrected chi connectivity index (χ0v) is 21.1. The summed E-state index contributed by atoms with van der Waals surface area (Å²) in [5.74, 6) is -0.595. The van der Waals surface area contributed by atoms with E-state index < -0.39 is 32.0 Å². The van der Waals surface area contributed by atoms with Gasteiger partial charge >= 0.3 is 0 Å². The summed E-state index contributed by atoms with van der Waals surface area (Å²) in [6, 6.07) is 20.0. The third-order valence-corrected chi connectivity index (χ3v) is 9.62. The minimum absolute atomic E-state index is 0.0450. The summed E-state index contributed by atoms with van der Waals surface area (Å²) in [4.78, 5) is 13.6. The molecular formula is C25H27N3O5S2. The smallest absolute Gasteiger partial charge is 0.244 e. The molecule has 0 unspecified atom stereocenters. The third-order valence-electron chi connectivity index (χ3n) is 5.82. The van der Waals surface area contributed by atoms with Gasteiger partial charge in [-0.15, -0.1) is 0 Å². The largest absolute Gasteiger partial charge is 0.325 e. The molecule has 4 rings (SSSR count). The molecule has 1 fully saturated rings. The summed E-state index contributed by atoms with van der Waals surface area (Å²) >= 11 is 0. The van der Waals surface area contributed by atoms with Crippen LogP contribution in [0, 0.1) is 13.8 Å². The number of anilines is 1. The van der Waals surface area contributed by atoms with Crippen LogP contribution in [0.3, 0.4) is 0 Å². The minimum atomic E-state index is -4.05. The second-order valence-corrected chi connectivity index (χ2v) is 12.3. The van der Waals surface area contributed by atoms with E-state index in [1.54, 1.807) is 48.5 Å². The lowest BCUT2D eigenvalue weighted by Crippen LogP contribution is -2.60. The molecular weight excluding hydrogens is 486 g/mol. The molecule has 0 saturated carbocycles. The van der Waals surface area contributed by atoms with Gasteiger partial charge < -0.3 is 5.32 Å². The zero-order chi connectivity index (χ0) is 25.2. The molecule has 0 aliphatic carbocycles. The zero-order valence-electron chi connectivity index (χ0n) is 19.5. The quantitative estimate of drug-likeness (QED) is 0.546. The van der Waals surface area contributed by atoms with Gasteiger partial charge in [-0.3, -0.25) is 4.79 Å². The highest BCUT2D eigenvalue weighted by molar-refractivity contribution is 7.89. The van der Waals surface area contributed by atoms with Gasteiger partial charge in [-0.2, -0.15) is 8.61 Å². The molecule has 184 valence electrons. The molecule has 0 spiro atoms. The molecule has 1 aliphatic heterocycles. The van der Waals surface area contributed by atoms with Gasteiger partial charge in [0.25, 0.3) is 0 Å². The van der Waals surface area contributed by atoms with Crippen molar-refractivity contribution in [1.82, 2.24) is 8.61 Å². The number of carbonyl (C=O) groups is 1. The van der Waals surface area contributed by atoms with E-state index in [2.05, 4.69) is 5.32 Å². The van der Waals surface area contributed by atoms with Gasteiger partial charge in [0.05, 0.1) is 9.79 Å². The SMILES string of the molecule is Cc1cc(C)cc(NC(=O)[C@@H]2CN(S(=O)(=O)c3ccccc3)CCN2S(=O)(=O)c2ccccc2)c1. The topological polar surface area (TPSA) is 104 Å². The fourth-order valence-corrected chi connectivity index (χ4v) is 7.25. The lowest BCUT2D eigenvalue weighted by atomic mass is 10.1. The number of amides is 1. The van der Waals surface area contributed by atoms with Crippen molar-refractivity contribution in [2.45, 2.75) is 29.7 Å². The van der Waals surface area contributed by atoms with Gasteiger partial charge in [0.15, 0.2) is 0 Å². The van der Waals surface area contributed by atoms with E-state index >= 15 is 0 Å². The van der Waals surface area contributed by atoms with Crippen molar-refractivity contribution in [2.24, 2.45) is 0 Å². The summed E-state index contributed by atoms with van der Waals surface area (Å²) < 4.78 is 55.7. The molecule has 35 heavy (non-hydrogen) atoms. The number of piperazine rings is 1. The Morgan fingerprint density at radius 3 is 1.83 bits per heavy atom. The number of rotatable bonds is 6. The van der Waals surface area contributed by atoms with Crippen molar-refractivity contribution < 1.29 is 21.6 Å². The summed E-state index contributed by atoms with van der Waals surface area (Å²) in [5, 5.41) is 2.79. The molecule has 3 aromatic carbocycles. The van der Waals surface area contributed by atoms with Crippen molar-refractivity contribution in [3.8, 4) is 0 Å². The van der Waals surface area contributed by atoms with Gasteiger partial charge in [0.1, 0.15) is 6.04 Å². The van der Waals surface area contributed by atoms with Crippen molar-refractivity contribution in [2.75, 3.05) is 25.0 Å². The normalized spacial score (nSPS) is 17.7. The fraction of sp³-hybridized carbons (Fsp3) is 0.240. The minimum Gasteiger partial charge on any atom is -0.325 e. The van der Waals surface area contributed by atoms with Crippen LogP contribution in [0.1, 0.15) is 11.1 Å². The average Bonchev–Trinajstić information content (AvgIpc) is 2.84. The molecule has 1 N–H and O–H groups in total. The Labute approximate surface area is 206 Å². The molecule has 3 aromatic rings. The number of hydrogen-bond donors (Lipinski definition) is 1. The van der Waals surface area contributed by atoms with Gasteiger partial charge in [0, 0.05) is 25.3 Å². The Morgan fingerprint density at radius 2 is 1.29 bits per heavy atom. The van der Waals surface area contributed by atoms with E-state index in [0.29, 0.717) is 5.69 Å². The van der Waals surface area contributed by atoms with Crippen LogP contribution >= 0.6 is 0 Å². The van der Waals surface area contributed by atoms with Crippen LogP contribution < -0.4 is 5.32 Å². The highest BCUT2D eigenvalue weighted by Crippen LogP contribution is 2.26. The van der Waals surface area contributed by atoms with Gasteiger partial charge in [-0.1, -0.05) is 42.5 Å². The summed E-state index contributed by atoms with van der Waals surface area (Å²) in [6.07, 6.45) is 0. The maximum absolute atomic E-state index is 13.5. The molecule has 1 saturated heterocycles. The second kappa shape index (κ2) is 9.90. The van der Waals surface area contributed by atoms with Crippen LogP contribution in [-0.4, -0.2) is 57.0 Å². The molecule has 0 aromatic heterocycles. The van der Waals surface area contributed by atoms with Crippen LogP contribution in [0.25, 0.3) is 0 Å². The first-order chi connectivity index (χ1) is 16.6. The summed E-state index contributed by atoms with van der Waals surface area (Å²) in [6.45, 7) is 3.25. The highest BCUT2D eigenvalue weighted by Gasteiger charge is 2.43. The number of nitrogens with zero attached hydrogens (tertiary/aromatic N) is 2. The van der Waals surface area contributed by atoms with Crippen LogP contribution in [0.5, 0.6) is 0 Å². The van der Waals surface area contributed by atoms with E-state index in [0.717, 1.165) is 15.4 Å². The Balaban J connectivity index is 1.70. The number of sulfonamides is 2. The number of carbonyl (C=O) groups excluding carboxylic acids is 1. The maximum atomic E-state index is 13.5.